The van der Waals surface area contributed by atoms with Crippen LogP contribution in [0.1, 0.15) is 17.2 Å². The molecule has 2 aromatic heterocycles. The maximum absolute atomic E-state index is 5.49. The Morgan fingerprint density at radius 1 is 1.47 bits per heavy atom. The third kappa shape index (κ3) is 2.84. The van der Waals surface area contributed by atoms with Gasteiger partial charge in [-0.05, 0) is 19.1 Å². The topological polar surface area (TPSA) is 52.0 Å². The number of thioether (sulfide) groups is 1. The lowest BCUT2D eigenvalue weighted by Gasteiger charge is -1.93. The summed E-state index contributed by atoms with van der Waals surface area (Å²) in [5.74, 6) is 2.60. The van der Waals surface area contributed by atoms with Gasteiger partial charge in [0.25, 0.3) is 0 Å². The molecule has 0 atom stereocenters. The minimum absolute atomic E-state index is 0.459. The second-order valence-electron chi connectivity index (χ2n) is 3.12. The van der Waals surface area contributed by atoms with Crippen LogP contribution in [0.15, 0.2) is 26.3 Å². The number of hydrogen-bond acceptors (Lipinski definition) is 5. The molecule has 2 aromatic rings. The lowest BCUT2D eigenvalue weighted by molar-refractivity contribution is 0.482. The Labute approximate surface area is 96.7 Å². The Bertz CT molecular complexity index is 436. The van der Waals surface area contributed by atoms with Crippen LogP contribution in [0, 0.1) is 6.92 Å². The van der Waals surface area contributed by atoms with Gasteiger partial charge in [-0.15, -0.1) is 11.3 Å². The molecule has 2 rings (SSSR count). The summed E-state index contributed by atoms with van der Waals surface area (Å²) in [5.41, 5.74) is 6.54. The molecular formula is C10H12N2OS2. The van der Waals surface area contributed by atoms with Crippen molar-refractivity contribution in [2.24, 2.45) is 5.73 Å². The zero-order chi connectivity index (χ0) is 10.7. The zero-order valence-electron chi connectivity index (χ0n) is 8.40. The number of rotatable bonds is 4. The molecule has 0 unspecified atom stereocenters. The average Bonchev–Trinajstić information content (AvgIpc) is 2.83. The molecule has 80 valence electrons. The summed E-state index contributed by atoms with van der Waals surface area (Å²) in [4.78, 5) is 4.37. The van der Waals surface area contributed by atoms with E-state index in [4.69, 9.17) is 10.2 Å². The maximum Gasteiger partial charge on any atom is 0.150 e. The molecule has 5 heteroatoms. The molecule has 0 saturated heterocycles. The summed E-state index contributed by atoms with van der Waals surface area (Å²) in [6.07, 6.45) is 0. The van der Waals surface area contributed by atoms with Crippen molar-refractivity contribution in [1.29, 1.82) is 0 Å². The molecule has 0 fully saturated rings. The first-order valence-corrected chi connectivity index (χ1v) is 6.47. The second kappa shape index (κ2) is 4.83. The molecule has 0 saturated carbocycles. The maximum atomic E-state index is 5.49. The van der Waals surface area contributed by atoms with Crippen molar-refractivity contribution in [3.05, 3.63) is 34.7 Å². The van der Waals surface area contributed by atoms with Crippen molar-refractivity contribution in [3.8, 4) is 0 Å². The number of aromatic nitrogens is 1. The first kappa shape index (κ1) is 10.7. The van der Waals surface area contributed by atoms with E-state index in [0.29, 0.717) is 6.54 Å². The fraction of sp³-hybridized carbons (Fsp3) is 0.300. The van der Waals surface area contributed by atoms with E-state index in [1.165, 1.54) is 0 Å². The highest BCUT2D eigenvalue weighted by Gasteiger charge is 2.04. The first-order valence-electron chi connectivity index (χ1n) is 4.60. The van der Waals surface area contributed by atoms with Gasteiger partial charge in [-0.1, -0.05) is 11.8 Å². The van der Waals surface area contributed by atoms with Crippen molar-refractivity contribution in [2.45, 2.75) is 23.6 Å². The second-order valence-corrected chi connectivity index (χ2v) is 5.20. The number of hydrogen-bond donors (Lipinski definition) is 1. The van der Waals surface area contributed by atoms with Crippen molar-refractivity contribution in [3.63, 3.8) is 0 Å². The standard InChI is InChI=1S/C10H12N2OS2/c1-7-5-14-10(12-7)15-6-9-3-2-8(4-11)13-9/h2-3,5H,4,6,11H2,1H3. The average molecular weight is 240 g/mol. The van der Waals surface area contributed by atoms with Gasteiger partial charge in [0, 0.05) is 11.1 Å². The number of thiazole rings is 1. The molecule has 15 heavy (non-hydrogen) atoms. The third-order valence-electron chi connectivity index (χ3n) is 1.85. The van der Waals surface area contributed by atoms with Crippen LogP contribution in [0.2, 0.25) is 0 Å². The molecule has 0 spiro atoms. The minimum Gasteiger partial charge on any atom is -0.464 e. The van der Waals surface area contributed by atoms with Crippen molar-refractivity contribution in [2.75, 3.05) is 0 Å². The smallest absolute Gasteiger partial charge is 0.150 e. The Morgan fingerprint density at radius 3 is 2.87 bits per heavy atom. The van der Waals surface area contributed by atoms with Gasteiger partial charge >= 0.3 is 0 Å². The van der Waals surface area contributed by atoms with E-state index in [-0.39, 0.29) is 0 Å². The highest BCUT2D eigenvalue weighted by Crippen LogP contribution is 2.26. The molecule has 0 radical (unpaired) electrons. The fourth-order valence-corrected chi connectivity index (χ4v) is 2.88. The van der Waals surface area contributed by atoms with E-state index < -0.39 is 0 Å². The van der Waals surface area contributed by atoms with Crippen LogP contribution in [-0.4, -0.2) is 4.98 Å². The Balaban J connectivity index is 1.93. The molecule has 0 aliphatic carbocycles. The molecule has 0 aliphatic heterocycles. The fourth-order valence-electron chi connectivity index (χ4n) is 1.14. The number of nitrogens with zero attached hydrogens (tertiary/aromatic N) is 1. The van der Waals surface area contributed by atoms with Crippen LogP contribution in [0.25, 0.3) is 0 Å². The van der Waals surface area contributed by atoms with Gasteiger partial charge in [-0.25, -0.2) is 4.98 Å². The van der Waals surface area contributed by atoms with Gasteiger partial charge in [0.15, 0.2) is 4.34 Å². The molecule has 0 aromatic carbocycles. The SMILES string of the molecule is Cc1csc(SCc2ccc(CN)o2)n1. The van der Waals surface area contributed by atoms with Crippen molar-refractivity contribution in [1.82, 2.24) is 4.98 Å². The molecule has 0 bridgehead atoms. The lowest BCUT2D eigenvalue weighted by atomic mass is 10.4. The lowest BCUT2D eigenvalue weighted by Crippen LogP contribution is -1.92. The molecular weight excluding hydrogens is 228 g/mol. The predicted octanol–water partition coefficient (Wildman–Crippen LogP) is 2.80. The normalized spacial score (nSPS) is 10.8. The molecule has 0 aliphatic rings. The number of nitrogens with two attached hydrogens (primary N) is 1. The van der Waals surface area contributed by atoms with E-state index in [9.17, 15) is 0 Å². The van der Waals surface area contributed by atoms with E-state index in [0.717, 1.165) is 27.3 Å². The highest BCUT2D eigenvalue weighted by molar-refractivity contribution is 8.00. The molecule has 3 nitrogen and oxygen atoms in total. The minimum atomic E-state index is 0.459. The Kier molecular flexibility index (Phi) is 3.45. The summed E-state index contributed by atoms with van der Waals surface area (Å²) in [6, 6.07) is 3.89. The first-order chi connectivity index (χ1) is 7.28. The van der Waals surface area contributed by atoms with Gasteiger partial charge < -0.3 is 10.2 Å². The van der Waals surface area contributed by atoms with Crippen LogP contribution >= 0.6 is 23.1 Å². The van der Waals surface area contributed by atoms with Crippen LogP contribution in [-0.2, 0) is 12.3 Å². The summed E-state index contributed by atoms with van der Waals surface area (Å²) in [6.45, 7) is 2.46. The third-order valence-corrected chi connectivity index (χ3v) is 4.02. The van der Waals surface area contributed by atoms with Crippen LogP contribution in [0.5, 0.6) is 0 Å². The van der Waals surface area contributed by atoms with E-state index >= 15 is 0 Å². The number of furan rings is 1. The largest absolute Gasteiger partial charge is 0.464 e. The van der Waals surface area contributed by atoms with Crippen molar-refractivity contribution >= 4 is 23.1 Å². The summed E-state index contributed by atoms with van der Waals surface area (Å²) in [5, 5.41) is 2.05. The highest BCUT2D eigenvalue weighted by atomic mass is 32.2. The Hall–Kier alpha value is -0.780. The monoisotopic (exact) mass is 240 g/mol. The molecule has 2 heterocycles. The van der Waals surface area contributed by atoms with Gasteiger partial charge in [-0.2, -0.15) is 0 Å². The van der Waals surface area contributed by atoms with Crippen molar-refractivity contribution < 1.29 is 4.42 Å². The number of aryl methyl sites for hydroxylation is 1. The van der Waals surface area contributed by atoms with Gasteiger partial charge in [0.2, 0.25) is 0 Å². The zero-order valence-corrected chi connectivity index (χ0v) is 10.0. The quantitative estimate of drug-likeness (QED) is 0.835. The van der Waals surface area contributed by atoms with Crippen LogP contribution in [0.3, 0.4) is 0 Å². The van der Waals surface area contributed by atoms with Gasteiger partial charge in [-0.3, -0.25) is 0 Å². The predicted molar refractivity (Wildman–Crippen MR) is 63.0 cm³/mol. The van der Waals surface area contributed by atoms with E-state index in [1.807, 2.05) is 19.1 Å². The van der Waals surface area contributed by atoms with Crippen LogP contribution < -0.4 is 5.73 Å². The summed E-state index contributed by atoms with van der Waals surface area (Å²) >= 11 is 3.36. The van der Waals surface area contributed by atoms with E-state index in [1.54, 1.807) is 23.1 Å². The van der Waals surface area contributed by atoms with Crippen LogP contribution in [0.4, 0.5) is 0 Å². The summed E-state index contributed by atoms with van der Waals surface area (Å²) < 4.78 is 6.57. The molecule has 2 N–H and O–H groups in total. The van der Waals surface area contributed by atoms with E-state index in [2.05, 4.69) is 10.4 Å². The van der Waals surface area contributed by atoms with Gasteiger partial charge in [0.05, 0.1) is 12.3 Å². The van der Waals surface area contributed by atoms with Gasteiger partial charge in [0.1, 0.15) is 11.5 Å². The molecule has 0 amide bonds. The Morgan fingerprint density at radius 2 is 2.27 bits per heavy atom. The summed E-state index contributed by atoms with van der Waals surface area (Å²) in [7, 11) is 0.